The van der Waals surface area contributed by atoms with Crippen molar-refractivity contribution in [3.8, 4) is 0 Å². The molecule has 3 saturated carbocycles. The minimum atomic E-state index is -0.773. The minimum absolute atomic E-state index is 0.108. The van der Waals surface area contributed by atoms with Crippen LogP contribution in [0.4, 0.5) is 0 Å². The van der Waals surface area contributed by atoms with Crippen molar-refractivity contribution in [1.82, 2.24) is 4.90 Å². The summed E-state index contributed by atoms with van der Waals surface area (Å²) in [4.78, 5) is 26.0. The minimum Gasteiger partial charge on any atom is -0.481 e. The van der Waals surface area contributed by atoms with Crippen LogP contribution in [-0.2, 0) is 9.59 Å². The molecule has 2 unspecified atom stereocenters. The van der Waals surface area contributed by atoms with E-state index in [0.29, 0.717) is 11.8 Å². The van der Waals surface area contributed by atoms with Crippen molar-refractivity contribution in [3.05, 3.63) is 0 Å². The highest BCUT2D eigenvalue weighted by molar-refractivity contribution is 5.83. The van der Waals surface area contributed by atoms with Crippen molar-refractivity contribution < 1.29 is 14.7 Å². The molecule has 0 aromatic rings. The van der Waals surface area contributed by atoms with Crippen LogP contribution in [0.3, 0.4) is 0 Å². The zero-order valence-corrected chi connectivity index (χ0v) is 13.0. The summed E-state index contributed by atoms with van der Waals surface area (Å²) in [6, 6.07) is 0. The number of carboxylic acid groups (broad SMARTS) is 1. The van der Waals surface area contributed by atoms with E-state index in [1.165, 1.54) is 25.7 Å². The summed E-state index contributed by atoms with van der Waals surface area (Å²) in [5, 5.41) is 9.28. The first-order chi connectivity index (χ1) is 10.1. The van der Waals surface area contributed by atoms with Crippen LogP contribution < -0.4 is 0 Å². The number of hydrogen-bond acceptors (Lipinski definition) is 2. The van der Waals surface area contributed by atoms with Crippen LogP contribution in [0.5, 0.6) is 0 Å². The molecule has 0 bridgehead atoms. The highest BCUT2D eigenvalue weighted by Gasteiger charge is 2.57. The molecule has 0 aromatic heterocycles. The topological polar surface area (TPSA) is 57.6 Å². The average Bonchev–Trinajstić information content (AvgIpc) is 3.20. The van der Waals surface area contributed by atoms with Crippen molar-refractivity contribution >= 4 is 11.9 Å². The van der Waals surface area contributed by atoms with Gasteiger partial charge in [0.1, 0.15) is 0 Å². The zero-order chi connectivity index (χ0) is 15.0. The molecule has 4 nitrogen and oxygen atoms in total. The Kier molecular flexibility index (Phi) is 3.98. The molecule has 118 valence electrons. The van der Waals surface area contributed by atoms with Gasteiger partial charge in [-0.2, -0.15) is 0 Å². The Balaban J connectivity index is 1.72. The van der Waals surface area contributed by atoms with Gasteiger partial charge in [0.25, 0.3) is 0 Å². The van der Waals surface area contributed by atoms with Gasteiger partial charge in [-0.1, -0.05) is 32.1 Å². The molecule has 0 saturated heterocycles. The molecule has 0 aromatic carbocycles. The van der Waals surface area contributed by atoms with Crippen LogP contribution >= 0.6 is 0 Å². The van der Waals surface area contributed by atoms with Gasteiger partial charge in [-0.3, -0.25) is 9.59 Å². The summed E-state index contributed by atoms with van der Waals surface area (Å²) in [5.41, 5.74) is -0.424. The Labute approximate surface area is 126 Å². The number of carbonyl (C=O) groups is 2. The lowest BCUT2D eigenvalue weighted by Crippen LogP contribution is -2.52. The van der Waals surface area contributed by atoms with Crippen molar-refractivity contribution in [3.63, 3.8) is 0 Å². The first kappa shape index (κ1) is 14.9. The average molecular weight is 293 g/mol. The van der Waals surface area contributed by atoms with Gasteiger partial charge in [-0.05, 0) is 37.5 Å². The highest BCUT2D eigenvalue weighted by atomic mass is 16.4. The van der Waals surface area contributed by atoms with Crippen molar-refractivity contribution in [1.29, 1.82) is 0 Å². The molecule has 3 fully saturated rings. The molecular weight excluding hydrogens is 266 g/mol. The van der Waals surface area contributed by atoms with E-state index in [9.17, 15) is 14.7 Å². The fraction of sp³-hybridized carbons (Fsp3) is 0.882. The van der Waals surface area contributed by atoms with Crippen LogP contribution in [0.15, 0.2) is 0 Å². The van der Waals surface area contributed by atoms with Gasteiger partial charge in [0, 0.05) is 13.0 Å². The first-order valence-corrected chi connectivity index (χ1v) is 8.55. The number of hydrogen-bond donors (Lipinski definition) is 1. The molecule has 3 rings (SSSR count). The van der Waals surface area contributed by atoms with E-state index < -0.39 is 11.5 Å². The second-order valence-corrected chi connectivity index (χ2v) is 7.39. The second kappa shape index (κ2) is 5.62. The highest BCUT2D eigenvalue weighted by Crippen LogP contribution is 2.56. The van der Waals surface area contributed by atoms with Gasteiger partial charge in [0.2, 0.25) is 5.91 Å². The number of fused-ring (bicyclic) bond motifs is 1. The van der Waals surface area contributed by atoms with Crippen molar-refractivity contribution in [2.24, 2.45) is 17.8 Å². The van der Waals surface area contributed by atoms with E-state index in [1.807, 2.05) is 11.9 Å². The van der Waals surface area contributed by atoms with E-state index in [1.54, 1.807) is 0 Å². The Bertz CT molecular complexity index is 416. The molecule has 1 amide bonds. The van der Waals surface area contributed by atoms with Crippen LogP contribution in [0, 0.1) is 17.8 Å². The molecule has 21 heavy (non-hydrogen) atoms. The largest absolute Gasteiger partial charge is 0.481 e. The second-order valence-electron chi connectivity index (χ2n) is 7.39. The maximum atomic E-state index is 12.9. The number of carbonyl (C=O) groups excluding carboxylic acids is 1. The van der Waals surface area contributed by atoms with Gasteiger partial charge in [-0.15, -0.1) is 0 Å². The summed E-state index contributed by atoms with van der Waals surface area (Å²) in [6.07, 6.45) is 9.97. The monoisotopic (exact) mass is 293 g/mol. The van der Waals surface area contributed by atoms with Gasteiger partial charge in [0.15, 0.2) is 0 Å². The lowest BCUT2D eigenvalue weighted by molar-refractivity contribution is -0.146. The Morgan fingerprint density at radius 2 is 1.62 bits per heavy atom. The molecule has 0 radical (unpaired) electrons. The SMILES string of the molecule is CN(C(=O)C1C2CCCCC21)C1(CC(=O)O)CCCCC1. The maximum absolute atomic E-state index is 12.9. The fourth-order valence-electron chi connectivity index (χ4n) is 4.94. The number of nitrogens with zero attached hydrogens (tertiary/aromatic N) is 1. The first-order valence-electron chi connectivity index (χ1n) is 8.55. The molecule has 2 atom stereocenters. The summed E-state index contributed by atoms with van der Waals surface area (Å²) < 4.78 is 0. The van der Waals surface area contributed by atoms with E-state index >= 15 is 0 Å². The summed E-state index contributed by atoms with van der Waals surface area (Å²) in [7, 11) is 1.86. The predicted octanol–water partition coefficient (Wildman–Crippen LogP) is 3.06. The van der Waals surface area contributed by atoms with Crippen molar-refractivity contribution in [2.75, 3.05) is 7.05 Å². The lowest BCUT2D eigenvalue weighted by atomic mass is 9.78. The number of carboxylic acids is 1. The van der Waals surface area contributed by atoms with Gasteiger partial charge < -0.3 is 10.0 Å². The molecule has 1 N–H and O–H groups in total. The normalized spacial score (nSPS) is 33.9. The standard InChI is InChI=1S/C17H27NO3/c1-18(16(21)15-12-7-3-4-8-13(12)15)17(11-14(19)20)9-5-2-6-10-17/h12-13,15H,2-11H2,1H3,(H,19,20). The number of rotatable bonds is 4. The third kappa shape index (κ3) is 2.69. The van der Waals surface area contributed by atoms with Gasteiger partial charge in [-0.25, -0.2) is 0 Å². The maximum Gasteiger partial charge on any atom is 0.305 e. The summed E-state index contributed by atoms with van der Waals surface area (Å²) in [5.74, 6) is 0.850. The van der Waals surface area contributed by atoms with Crippen LogP contribution in [0.2, 0.25) is 0 Å². The molecule has 0 heterocycles. The predicted molar refractivity (Wildman–Crippen MR) is 79.8 cm³/mol. The van der Waals surface area contributed by atoms with Crippen LogP contribution in [0.25, 0.3) is 0 Å². The summed E-state index contributed by atoms with van der Waals surface area (Å²) >= 11 is 0. The third-order valence-electron chi connectivity index (χ3n) is 6.25. The molecule has 0 spiro atoms. The zero-order valence-electron chi connectivity index (χ0n) is 13.0. The van der Waals surface area contributed by atoms with E-state index in [4.69, 9.17) is 0 Å². The van der Waals surface area contributed by atoms with Crippen LogP contribution in [0.1, 0.15) is 64.2 Å². The molecule has 0 aliphatic heterocycles. The van der Waals surface area contributed by atoms with Crippen molar-refractivity contribution in [2.45, 2.75) is 69.7 Å². The number of amides is 1. The van der Waals surface area contributed by atoms with Crippen LogP contribution in [-0.4, -0.2) is 34.5 Å². The smallest absolute Gasteiger partial charge is 0.305 e. The molecule has 4 heteroatoms. The third-order valence-corrected chi connectivity index (χ3v) is 6.25. The molecule has 3 aliphatic carbocycles. The quantitative estimate of drug-likeness (QED) is 0.866. The summed E-state index contributed by atoms with van der Waals surface area (Å²) in [6.45, 7) is 0. The Morgan fingerprint density at radius 1 is 1.05 bits per heavy atom. The Hall–Kier alpha value is -1.06. The van der Waals surface area contributed by atoms with E-state index in [-0.39, 0.29) is 18.2 Å². The van der Waals surface area contributed by atoms with Gasteiger partial charge >= 0.3 is 5.97 Å². The molecule has 3 aliphatic rings. The van der Waals surface area contributed by atoms with E-state index in [0.717, 1.165) is 32.1 Å². The lowest BCUT2D eigenvalue weighted by Gasteiger charge is -2.44. The Morgan fingerprint density at radius 3 is 2.14 bits per heavy atom. The van der Waals surface area contributed by atoms with Gasteiger partial charge in [0.05, 0.1) is 12.0 Å². The molecular formula is C17H27NO3. The van der Waals surface area contributed by atoms with E-state index in [2.05, 4.69) is 0 Å². The fourth-order valence-corrected chi connectivity index (χ4v) is 4.94. The number of aliphatic carboxylic acids is 1.